The molecular formula is C24H23FN4O3. The quantitative estimate of drug-likeness (QED) is 0.465. The van der Waals surface area contributed by atoms with Gasteiger partial charge in [0.2, 0.25) is 0 Å². The Labute approximate surface area is 184 Å². The molecule has 0 spiro atoms. The van der Waals surface area contributed by atoms with Crippen LogP contribution >= 0.6 is 0 Å². The van der Waals surface area contributed by atoms with E-state index in [0.29, 0.717) is 23.6 Å². The number of nitrogens with zero attached hydrogens (tertiary/aromatic N) is 3. The fourth-order valence-electron chi connectivity index (χ4n) is 3.46. The van der Waals surface area contributed by atoms with Crippen LogP contribution in [0.2, 0.25) is 0 Å². The maximum Gasteiger partial charge on any atom is 0.274 e. The third-order valence-electron chi connectivity index (χ3n) is 5.25. The molecule has 0 fully saturated rings. The Hall–Kier alpha value is -3.94. The number of rotatable bonds is 7. The number of nitrogens with one attached hydrogen (secondary N) is 1. The van der Waals surface area contributed by atoms with Crippen molar-refractivity contribution in [2.45, 2.75) is 33.9 Å². The van der Waals surface area contributed by atoms with E-state index in [1.165, 1.54) is 12.1 Å². The van der Waals surface area contributed by atoms with Gasteiger partial charge < -0.3 is 14.6 Å². The van der Waals surface area contributed by atoms with E-state index in [0.717, 1.165) is 22.6 Å². The summed E-state index contributed by atoms with van der Waals surface area (Å²) in [4.78, 5) is 12.8. The summed E-state index contributed by atoms with van der Waals surface area (Å²) in [5.74, 6) is 0.0441. The van der Waals surface area contributed by atoms with Crippen molar-refractivity contribution in [3.05, 3.63) is 94.4 Å². The molecular weight excluding hydrogens is 411 g/mol. The molecule has 0 unspecified atom stereocenters. The van der Waals surface area contributed by atoms with Gasteiger partial charge in [-0.3, -0.25) is 4.79 Å². The molecule has 4 rings (SSSR count). The topological polar surface area (TPSA) is 82.2 Å². The standard InChI is InChI=1S/C24H23FN4O3/c1-15-21(16(2)29(27-15)19-9-5-4-6-10-19)13-26-24(30)23-22(17(3)32-28-23)14-31-20-11-7-8-18(25)12-20/h4-12H,13-14H2,1-3H3,(H,26,30). The summed E-state index contributed by atoms with van der Waals surface area (Å²) in [7, 11) is 0. The summed E-state index contributed by atoms with van der Waals surface area (Å²) < 4.78 is 26.1. The third kappa shape index (κ3) is 4.39. The van der Waals surface area contributed by atoms with E-state index in [1.807, 2.05) is 48.9 Å². The van der Waals surface area contributed by atoms with Crippen molar-refractivity contribution in [1.82, 2.24) is 20.3 Å². The molecule has 0 bridgehead atoms. The van der Waals surface area contributed by atoms with Gasteiger partial charge in [0.25, 0.3) is 5.91 Å². The van der Waals surface area contributed by atoms with E-state index in [1.54, 1.807) is 19.1 Å². The van der Waals surface area contributed by atoms with Gasteiger partial charge in [-0.1, -0.05) is 29.4 Å². The smallest absolute Gasteiger partial charge is 0.274 e. The van der Waals surface area contributed by atoms with Gasteiger partial charge in [0.15, 0.2) is 5.69 Å². The van der Waals surface area contributed by atoms with Crippen molar-refractivity contribution < 1.29 is 18.4 Å². The van der Waals surface area contributed by atoms with Crippen LogP contribution in [-0.4, -0.2) is 20.8 Å². The first-order valence-electron chi connectivity index (χ1n) is 10.2. The zero-order valence-electron chi connectivity index (χ0n) is 18.1. The number of hydrogen-bond acceptors (Lipinski definition) is 5. The van der Waals surface area contributed by atoms with Crippen molar-refractivity contribution in [3.63, 3.8) is 0 Å². The van der Waals surface area contributed by atoms with Crippen LogP contribution in [0.4, 0.5) is 4.39 Å². The molecule has 1 N–H and O–H groups in total. The number of ether oxygens (including phenoxy) is 1. The molecule has 32 heavy (non-hydrogen) atoms. The summed E-state index contributed by atoms with van der Waals surface area (Å²) in [5, 5.41) is 11.4. The number of halogens is 1. The number of amides is 1. The highest BCUT2D eigenvalue weighted by molar-refractivity contribution is 5.93. The lowest BCUT2D eigenvalue weighted by Crippen LogP contribution is -2.25. The van der Waals surface area contributed by atoms with Gasteiger partial charge in [-0.2, -0.15) is 5.10 Å². The molecule has 0 atom stereocenters. The van der Waals surface area contributed by atoms with E-state index < -0.39 is 5.82 Å². The fourth-order valence-corrected chi connectivity index (χ4v) is 3.46. The second-order valence-corrected chi connectivity index (χ2v) is 7.39. The Balaban J connectivity index is 1.47. The second kappa shape index (κ2) is 9.05. The number of aromatic nitrogens is 3. The fraction of sp³-hybridized carbons (Fsp3) is 0.208. The van der Waals surface area contributed by atoms with Crippen LogP contribution in [0.1, 0.15) is 38.8 Å². The van der Waals surface area contributed by atoms with Crippen LogP contribution in [-0.2, 0) is 13.2 Å². The van der Waals surface area contributed by atoms with E-state index in [4.69, 9.17) is 9.26 Å². The van der Waals surface area contributed by atoms with Gasteiger partial charge in [0.1, 0.15) is 23.9 Å². The Morgan fingerprint density at radius 3 is 2.62 bits per heavy atom. The molecule has 7 nitrogen and oxygen atoms in total. The Bertz CT molecular complexity index is 1250. The SMILES string of the molecule is Cc1nn(-c2ccccc2)c(C)c1CNC(=O)c1noc(C)c1COc1cccc(F)c1. The molecule has 0 aliphatic rings. The van der Waals surface area contributed by atoms with Crippen LogP contribution in [0.15, 0.2) is 59.1 Å². The summed E-state index contributed by atoms with van der Waals surface area (Å²) in [5.41, 5.74) is 4.32. The molecule has 2 aromatic heterocycles. The van der Waals surface area contributed by atoms with E-state index in [-0.39, 0.29) is 18.2 Å². The van der Waals surface area contributed by atoms with Gasteiger partial charge >= 0.3 is 0 Å². The molecule has 0 saturated heterocycles. The highest BCUT2D eigenvalue weighted by atomic mass is 19.1. The van der Waals surface area contributed by atoms with Crippen LogP contribution in [0.25, 0.3) is 5.69 Å². The molecule has 0 radical (unpaired) electrons. The monoisotopic (exact) mass is 434 g/mol. The van der Waals surface area contributed by atoms with Gasteiger partial charge in [0, 0.05) is 23.9 Å². The number of benzene rings is 2. The Kier molecular flexibility index (Phi) is 6.02. The summed E-state index contributed by atoms with van der Waals surface area (Å²) in [6, 6.07) is 15.6. The summed E-state index contributed by atoms with van der Waals surface area (Å²) >= 11 is 0. The van der Waals surface area contributed by atoms with Gasteiger partial charge in [-0.25, -0.2) is 9.07 Å². The lowest BCUT2D eigenvalue weighted by Gasteiger charge is -2.08. The van der Waals surface area contributed by atoms with E-state index >= 15 is 0 Å². The van der Waals surface area contributed by atoms with Gasteiger partial charge in [-0.15, -0.1) is 0 Å². The first-order chi connectivity index (χ1) is 15.4. The number of carbonyl (C=O) groups is 1. The van der Waals surface area contributed by atoms with E-state index in [2.05, 4.69) is 15.6 Å². The molecule has 0 saturated carbocycles. The van der Waals surface area contributed by atoms with Crippen molar-refractivity contribution >= 4 is 5.91 Å². The zero-order chi connectivity index (χ0) is 22.7. The largest absolute Gasteiger partial charge is 0.489 e. The Morgan fingerprint density at radius 1 is 1.09 bits per heavy atom. The van der Waals surface area contributed by atoms with Crippen LogP contribution < -0.4 is 10.1 Å². The molecule has 0 aliphatic carbocycles. The lowest BCUT2D eigenvalue weighted by atomic mass is 10.1. The minimum atomic E-state index is -0.399. The molecule has 164 valence electrons. The average Bonchev–Trinajstić information content (AvgIpc) is 3.30. The van der Waals surface area contributed by atoms with Crippen LogP contribution in [0.3, 0.4) is 0 Å². The van der Waals surface area contributed by atoms with Crippen LogP contribution in [0, 0.1) is 26.6 Å². The molecule has 0 aliphatic heterocycles. The predicted molar refractivity (Wildman–Crippen MR) is 116 cm³/mol. The maximum atomic E-state index is 13.4. The normalized spacial score (nSPS) is 10.9. The zero-order valence-corrected chi connectivity index (χ0v) is 18.1. The second-order valence-electron chi connectivity index (χ2n) is 7.39. The molecule has 4 aromatic rings. The lowest BCUT2D eigenvalue weighted by molar-refractivity contribution is 0.0939. The Morgan fingerprint density at radius 2 is 1.88 bits per heavy atom. The predicted octanol–water partition coefficient (Wildman–Crippen LogP) is 4.43. The summed E-state index contributed by atoms with van der Waals surface area (Å²) in [6.45, 7) is 5.90. The average molecular weight is 434 g/mol. The van der Waals surface area contributed by atoms with Crippen LogP contribution in [0.5, 0.6) is 5.75 Å². The first kappa shape index (κ1) is 21.3. The molecule has 2 aromatic carbocycles. The maximum absolute atomic E-state index is 13.4. The molecule has 2 heterocycles. The minimum absolute atomic E-state index is 0.0333. The highest BCUT2D eigenvalue weighted by Gasteiger charge is 2.21. The first-order valence-corrected chi connectivity index (χ1v) is 10.2. The minimum Gasteiger partial charge on any atom is -0.489 e. The number of hydrogen-bond donors (Lipinski definition) is 1. The molecule has 1 amide bonds. The number of carbonyl (C=O) groups excluding carboxylic acids is 1. The highest BCUT2D eigenvalue weighted by Crippen LogP contribution is 2.20. The van der Waals surface area contributed by atoms with Crippen molar-refractivity contribution in [2.24, 2.45) is 0 Å². The van der Waals surface area contributed by atoms with Crippen molar-refractivity contribution in [3.8, 4) is 11.4 Å². The van der Waals surface area contributed by atoms with Gasteiger partial charge in [-0.05, 0) is 45.0 Å². The van der Waals surface area contributed by atoms with Gasteiger partial charge in [0.05, 0.1) is 16.9 Å². The molecule has 8 heteroatoms. The van der Waals surface area contributed by atoms with Crippen molar-refractivity contribution in [1.29, 1.82) is 0 Å². The third-order valence-corrected chi connectivity index (χ3v) is 5.25. The summed E-state index contributed by atoms with van der Waals surface area (Å²) in [6.07, 6.45) is 0. The number of aryl methyl sites for hydroxylation is 2. The number of para-hydroxylation sites is 1. The van der Waals surface area contributed by atoms with Crippen molar-refractivity contribution in [2.75, 3.05) is 0 Å². The van der Waals surface area contributed by atoms with E-state index in [9.17, 15) is 9.18 Å².